The van der Waals surface area contributed by atoms with Gasteiger partial charge in [0.15, 0.2) is 6.29 Å². The lowest BCUT2D eigenvalue weighted by molar-refractivity contribution is 0.112. The monoisotopic (exact) mass is 190 g/mol. The molecule has 0 amide bonds. The number of fused-ring (bicyclic) bond motifs is 1. The van der Waals surface area contributed by atoms with E-state index < -0.39 is 0 Å². The maximum absolute atomic E-state index is 10.8. The average Bonchev–Trinajstić information content (AvgIpc) is 2.58. The first-order valence-corrected chi connectivity index (χ1v) is 4.92. The van der Waals surface area contributed by atoms with Gasteiger partial charge in [-0.25, -0.2) is 0 Å². The van der Waals surface area contributed by atoms with Crippen molar-refractivity contribution in [3.05, 3.63) is 28.8 Å². The van der Waals surface area contributed by atoms with E-state index >= 15 is 0 Å². The van der Waals surface area contributed by atoms with Gasteiger partial charge in [-0.2, -0.15) is 0 Å². The van der Waals surface area contributed by atoms with Crippen LogP contribution in [0.2, 0.25) is 0 Å². The summed E-state index contributed by atoms with van der Waals surface area (Å²) in [7, 11) is 1.60. The van der Waals surface area contributed by atoms with Gasteiger partial charge < -0.3 is 4.74 Å². The highest BCUT2D eigenvalue weighted by molar-refractivity contribution is 5.80. The van der Waals surface area contributed by atoms with Crippen LogP contribution in [0.3, 0.4) is 0 Å². The SMILES string of the molecule is COc1cc2c(cc1C=O)C(C)CC2. The fourth-order valence-corrected chi connectivity index (χ4v) is 2.13. The van der Waals surface area contributed by atoms with E-state index in [1.807, 2.05) is 12.1 Å². The van der Waals surface area contributed by atoms with Crippen LogP contribution < -0.4 is 4.74 Å². The van der Waals surface area contributed by atoms with Crippen molar-refractivity contribution in [1.29, 1.82) is 0 Å². The number of carbonyl (C=O) groups excluding carboxylic acids is 1. The summed E-state index contributed by atoms with van der Waals surface area (Å²) in [6, 6.07) is 3.97. The second-order valence-electron chi connectivity index (χ2n) is 3.85. The Morgan fingerprint density at radius 1 is 1.50 bits per heavy atom. The Bertz CT molecular complexity index is 369. The molecule has 0 aromatic heterocycles. The lowest BCUT2D eigenvalue weighted by atomic mass is 10.0. The van der Waals surface area contributed by atoms with Crippen molar-refractivity contribution in [1.82, 2.24) is 0 Å². The summed E-state index contributed by atoms with van der Waals surface area (Å²) in [5.41, 5.74) is 3.31. The van der Waals surface area contributed by atoms with Crippen molar-refractivity contribution in [3.63, 3.8) is 0 Å². The largest absolute Gasteiger partial charge is 0.496 e. The van der Waals surface area contributed by atoms with Gasteiger partial charge in [0.2, 0.25) is 0 Å². The van der Waals surface area contributed by atoms with Crippen LogP contribution in [0.4, 0.5) is 0 Å². The van der Waals surface area contributed by atoms with E-state index in [-0.39, 0.29) is 0 Å². The zero-order valence-electron chi connectivity index (χ0n) is 8.54. The molecule has 0 aliphatic heterocycles. The summed E-state index contributed by atoms with van der Waals surface area (Å²) >= 11 is 0. The Kier molecular flexibility index (Phi) is 2.28. The third-order valence-corrected chi connectivity index (χ3v) is 3.00. The molecule has 0 radical (unpaired) electrons. The quantitative estimate of drug-likeness (QED) is 0.670. The minimum absolute atomic E-state index is 0.578. The van der Waals surface area contributed by atoms with Crippen molar-refractivity contribution in [2.45, 2.75) is 25.7 Å². The number of aldehydes is 1. The topological polar surface area (TPSA) is 26.3 Å². The van der Waals surface area contributed by atoms with E-state index in [4.69, 9.17) is 4.74 Å². The Morgan fingerprint density at radius 3 is 2.93 bits per heavy atom. The lowest BCUT2D eigenvalue weighted by Crippen LogP contribution is -1.95. The fraction of sp³-hybridized carbons (Fsp3) is 0.417. The molecule has 74 valence electrons. The highest BCUT2D eigenvalue weighted by Crippen LogP contribution is 2.36. The molecular weight excluding hydrogens is 176 g/mol. The second kappa shape index (κ2) is 3.45. The van der Waals surface area contributed by atoms with Gasteiger partial charge in [0, 0.05) is 0 Å². The molecule has 0 saturated carbocycles. The lowest BCUT2D eigenvalue weighted by Gasteiger charge is -2.09. The third-order valence-electron chi connectivity index (χ3n) is 3.00. The first-order chi connectivity index (χ1) is 6.76. The molecule has 0 spiro atoms. The van der Waals surface area contributed by atoms with E-state index in [1.54, 1.807) is 7.11 Å². The smallest absolute Gasteiger partial charge is 0.153 e. The molecule has 1 aliphatic rings. The van der Waals surface area contributed by atoms with Crippen molar-refractivity contribution in [2.24, 2.45) is 0 Å². The number of methoxy groups -OCH3 is 1. The van der Waals surface area contributed by atoms with E-state index in [1.165, 1.54) is 17.5 Å². The first-order valence-electron chi connectivity index (χ1n) is 4.92. The highest BCUT2D eigenvalue weighted by Gasteiger charge is 2.20. The van der Waals surface area contributed by atoms with E-state index in [2.05, 4.69) is 6.92 Å². The molecule has 14 heavy (non-hydrogen) atoms. The van der Waals surface area contributed by atoms with Crippen LogP contribution in [0, 0.1) is 0 Å². The van der Waals surface area contributed by atoms with Gasteiger partial charge in [-0.3, -0.25) is 4.79 Å². The molecule has 1 unspecified atom stereocenters. The van der Waals surface area contributed by atoms with Crippen molar-refractivity contribution >= 4 is 6.29 Å². The number of hydrogen-bond acceptors (Lipinski definition) is 2. The van der Waals surface area contributed by atoms with Gasteiger partial charge in [0.1, 0.15) is 5.75 Å². The number of benzene rings is 1. The van der Waals surface area contributed by atoms with E-state index in [9.17, 15) is 4.79 Å². The molecule has 0 N–H and O–H groups in total. The number of hydrogen-bond donors (Lipinski definition) is 0. The summed E-state index contributed by atoms with van der Waals surface area (Å²) < 4.78 is 5.17. The number of carbonyl (C=O) groups is 1. The summed E-state index contributed by atoms with van der Waals surface area (Å²) in [6.07, 6.45) is 3.15. The zero-order chi connectivity index (χ0) is 10.1. The van der Waals surface area contributed by atoms with Gasteiger partial charge in [-0.1, -0.05) is 6.92 Å². The maximum atomic E-state index is 10.8. The highest BCUT2D eigenvalue weighted by atomic mass is 16.5. The van der Waals surface area contributed by atoms with Crippen LogP contribution in [0.5, 0.6) is 5.75 Å². The summed E-state index contributed by atoms with van der Waals surface area (Å²) in [5, 5.41) is 0. The second-order valence-corrected chi connectivity index (χ2v) is 3.85. The Hall–Kier alpha value is -1.31. The molecule has 2 rings (SSSR count). The van der Waals surface area contributed by atoms with Crippen LogP contribution in [0.1, 0.15) is 40.7 Å². The van der Waals surface area contributed by atoms with Crippen LogP contribution in [0.15, 0.2) is 12.1 Å². The van der Waals surface area contributed by atoms with Gasteiger partial charge in [-0.05, 0) is 42.0 Å². The Balaban J connectivity index is 2.54. The number of ether oxygens (including phenoxy) is 1. The minimum Gasteiger partial charge on any atom is -0.496 e. The van der Waals surface area contributed by atoms with Crippen LogP contribution in [-0.4, -0.2) is 13.4 Å². The molecule has 1 aromatic rings. The molecule has 1 atom stereocenters. The predicted octanol–water partition coefficient (Wildman–Crippen LogP) is 2.56. The molecule has 1 aliphatic carbocycles. The van der Waals surface area contributed by atoms with Crippen molar-refractivity contribution in [2.75, 3.05) is 7.11 Å². The van der Waals surface area contributed by atoms with Crippen LogP contribution in [-0.2, 0) is 6.42 Å². The fourth-order valence-electron chi connectivity index (χ4n) is 2.13. The average molecular weight is 190 g/mol. The van der Waals surface area contributed by atoms with Crippen LogP contribution in [0.25, 0.3) is 0 Å². The molecule has 0 bridgehead atoms. The summed E-state index contributed by atoms with van der Waals surface area (Å²) in [6.45, 7) is 2.20. The molecular formula is C12H14O2. The predicted molar refractivity (Wildman–Crippen MR) is 55.1 cm³/mol. The normalized spacial score (nSPS) is 19.1. The van der Waals surface area contributed by atoms with Gasteiger partial charge in [-0.15, -0.1) is 0 Å². The molecule has 0 fully saturated rings. The third kappa shape index (κ3) is 1.31. The Labute approximate surface area is 83.9 Å². The van der Waals surface area contributed by atoms with Crippen molar-refractivity contribution in [3.8, 4) is 5.75 Å². The number of aryl methyl sites for hydroxylation is 1. The first kappa shape index (κ1) is 9.25. The maximum Gasteiger partial charge on any atom is 0.153 e. The minimum atomic E-state index is 0.578. The number of rotatable bonds is 2. The van der Waals surface area contributed by atoms with Crippen LogP contribution >= 0.6 is 0 Å². The molecule has 2 heteroatoms. The van der Waals surface area contributed by atoms with E-state index in [0.717, 1.165) is 12.7 Å². The van der Waals surface area contributed by atoms with Gasteiger partial charge in [0.05, 0.1) is 12.7 Å². The summed E-state index contributed by atoms with van der Waals surface area (Å²) in [5.74, 6) is 1.28. The Morgan fingerprint density at radius 2 is 2.29 bits per heavy atom. The van der Waals surface area contributed by atoms with Gasteiger partial charge >= 0.3 is 0 Å². The zero-order valence-corrected chi connectivity index (χ0v) is 8.54. The van der Waals surface area contributed by atoms with E-state index in [0.29, 0.717) is 17.2 Å². The molecule has 1 aromatic carbocycles. The van der Waals surface area contributed by atoms with Gasteiger partial charge in [0.25, 0.3) is 0 Å². The standard InChI is InChI=1S/C12H14O2/c1-8-3-4-9-6-12(14-2)10(7-13)5-11(8)9/h5-8H,3-4H2,1-2H3. The molecule has 0 saturated heterocycles. The molecule has 0 heterocycles. The summed E-state index contributed by atoms with van der Waals surface area (Å²) in [4.78, 5) is 10.8. The van der Waals surface area contributed by atoms with Crippen molar-refractivity contribution < 1.29 is 9.53 Å². The molecule has 2 nitrogen and oxygen atoms in total.